The van der Waals surface area contributed by atoms with Crippen molar-refractivity contribution in [3.8, 4) is 5.75 Å². The molecular formula is C24H28N4O9. The molecule has 1 amide bonds. The molecule has 0 radical (unpaired) electrons. The first-order chi connectivity index (χ1) is 17.3. The van der Waals surface area contributed by atoms with E-state index >= 15 is 0 Å². The fraction of sp³-hybridized carbons (Fsp3) is 0.542. The van der Waals surface area contributed by atoms with Crippen LogP contribution >= 0.6 is 0 Å². The summed E-state index contributed by atoms with van der Waals surface area (Å²) < 4.78 is 0. The fourth-order valence-corrected chi connectivity index (χ4v) is 6.21. The number of nitrogens with two attached hydrogens (primary N) is 1. The number of anilines is 1. The van der Waals surface area contributed by atoms with Gasteiger partial charge in [-0.3, -0.25) is 39.0 Å². The van der Waals surface area contributed by atoms with Crippen molar-refractivity contribution in [3.05, 3.63) is 27.3 Å². The van der Waals surface area contributed by atoms with Crippen molar-refractivity contribution in [2.45, 2.75) is 37.8 Å². The molecule has 1 aromatic rings. The van der Waals surface area contributed by atoms with Crippen LogP contribution in [0.4, 0.5) is 11.4 Å². The smallest absolute Gasteiger partial charge is 0.313 e. The number of ketones is 4. The number of aliphatic hydroxyl groups is 1. The number of hydrogen-bond donors (Lipinski definition) is 4. The quantitative estimate of drug-likeness (QED) is 0.165. The lowest BCUT2D eigenvalue weighted by molar-refractivity contribution is -0.385. The van der Waals surface area contributed by atoms with E-state index in [0.29, 0.717) is 13.0 Å². The Bertz CT molecular complexity index is 1260. The Morgan fingerprint density at radius 1 is 1.27 bits per heavy atom. The van der Waals surface area contributed by atoms with Gasteiger partial charge in [0.2, 0.25) is 11.7 Å². The summed E-state index contributed by atoms with van der Waals surface area (Å²) in [5.74, 6) is -12.3. The van der Waals surface area contributed by atoms with E-state index in [1.807, 2.05) is 6.92 Å². The van der Waals surface area contributed by atoms with Crippen LogP contribution in [0.2, 0.25) is 0 Å². The van der Waals surface area contributed by atoms with E-state index in [4.69, 9.17) is 5.73 Å². The van der Waals surface area contributed by atoms with Gasteiger partial charge in [-0.1, -0.05) is 6.92 Å². The third kappa shape index (κ3) is 3.63. The van der Waals surface area contributed by atoms with Crippen molar-refractivity contribution >= 4 is 40.4 Å². The number of likely N-dealkylation sites (N-methyl/N-ethyl adjacent to an activating group) is 1. The summed E-state index contributed by atoms with van der Waals surface area (Å²) >= 11 is 0. The number of carbonyl (C=O) groups is 5. The summed E-state index contributed by atoms with van der Waals surface area (Å²) in [4.78, 5) is 77.9. The SMILES string of the molecule is CCCNc1cc([N+](=O)[O-])c(O)c2c1CC1CC3[C@H](N(C)C)C(=O)C(C(N)=O)C(=O)[C@@]3(O)C(=O)C1C2=O. The molecule has 0 bridgehead atoms. The summed E-state index contributed by atoms with van der Waals surface area (Å²) in [6, 6.07) is -0.0730. The number of fused-ring (bicyclic) bond motifs is 3. The normalized spacial score (nSPS) is 31.0. The lowest BCUT2D eigenvalue weighted by Crippen LogP contribution is -2.74. The first-order valence-electron chi connectivity index (χ1n) is 11.9. The van der Waals surface area contributed by atoms with Crippen molar-refractivity contribution < 1.29 is 39.1 Å². The first-order valence-corrected chi connectivity index (χ1v) is 11.9. The lowest BCUT2D eigenvalue weighted by atomic mass is 9.52. The van der Waals surface area contributed by atoms with Crippen LogP contribution in [0.1, 0.15) is 35.7 Å². The molecule has 3 aliphatic rings. The number of primary amides is 1. The van der Waals surface area contributed by atoms with Gasteiger partial charge < -0.3 is 21.3 Å². The third-order valence-electron chi connectivity index (χ3n) is 7.80. The van der Waals surface area contributed by atoms with E-state index in [1.165, 1.54) is 19.0 Å². The zero-order valence-electron chi connectivity index (χ0n) is 20.5. The summed E-state index contributed by atoms with van der Waals surface area (Å²) in [6.07, 6.45) is 0.575. The van der Waals surface area contributed by atoms with Gasteiger partial charge in [0.25, 0.3) is 0 Å². The minimum Gasteiger partial charge on any atom is -0.502 e. The Labute approximate surface area is 211 Å². The van der Waals surface area contributed by atoms with Crippen molar-refractivity contribution in [3.63, 3.8) is 0 Å². The molecule has 13 nitrogen and oxygen atoms in total. The summed E-state index contributed by atoms with van der Waals surface area (Å²) in [6.45, 7) is 2.28. The number of nitro benzene ring substituents is 1. The Kier molecular flexibility index (Phi) is 6.41. The van der Waals surface area contributed by atoms with Gasteiger partial charge in [-0.2, -0.15) is 0 Å². The zero-order chi connectivity index (χ0) is 27.6. The largest absolute Gasteiger partial charge is 0.502 e. The molecule has 6 atom stereocenters. The molecule has 0 aliphatic heterocycles. The van der Waals surface area contributed by atoms with Crippen LogP contribution in [0.25, 0.3) is 0 Å². The number of amides is 1. The van der Waals surface area contributed by atoms with Gasteiger partial charge >= 0.3 is 5.69 Å². The van der Waals surface area contributed by atoms with Crippen molar-refractivity contribution in [1.29, 1.82) is 0 Å². The van der Waals surface area contributed by atoms with Crippen LogP contribution < -0.4 is 11.1 Å². The van der Waals surface area contributed by atoms with Crippen LogP contribution in [-0.2, 0) is 25.6 Å². The molecule has 0 heterocycles. The summed E-state index contributed by atoms with van der Waals surface area (Å²) in [5, 5.41) is 36.8. The van der Waals surface area contributed by atoms with Gasteiger partial charge in [-0.25, -0.2) is 0 Å². The van der Waals surface area contributed by atoms with E-state index in [1.54, 1.807) is 0 Å². The number of phenols is 1. The fourth-order valence-electron chi connectivity index (χ4n) is 6.21. The lowest BCUT2D eigenvalue weighted by Gasteiger charge is -2.52. The number of aromatic hydroxyl groups is 1. The van der Waals surface area contributed by atoms with Crippen LogP contribution in [0, 0.1) is 33.8 Å². The number of hydrogen-bond acceptors (Lipinski definition) is 11. The molecule has 37 heavy (non-hydrogen) atoms. The highest BCUT2D eigenvalue weighted by atomic mass is 16.6. The van der Waals surface area contributed by atoms with Gasteiger partial charge in [-0.05, 0) is 44.8 Å². The Balaban J connectivity index is 1.90. The molecule has 5 N–H and O–H groups in total. The standard InChI is InChI=1S/C24H28N4O9/c1-4-5-26-12-8-13(28(36)37)18(29)15-10(12)6-9-7-11-17(27(2)3)20(31)16(23(25)34)22(33)24(11,35)21(32)14(9)19(15)30/h8-9,11,14,16-17,26,29,35H,4-7H2,1-3H3,(H2,25,34)/t9?,11?,14?,16?,17-,24-/m0/s1. The number of benzene rings is 1. The molecule has 4 rings (SSSR count). The number of Topliss-reactive ketones (excluding diaryl/α,β-unsaturated/α-hetero) is 4. The molecule has 4 unspecified atom stereocenters. The van der Waals surface area contributed by atoms with Crippen LogP contribution in [0.3, 0.4) is 0 Å². The predicted octanol–water partition coefficient (Wildman–Crippen LogP) is -0.403. The molecular weight excluding hydrogens is 488 g/mol. The summed E-state index contributed by atoms with van der Waals surface area (Å²) in [5.41, 5.74) is 1.83. The van der Waals surface area contributed by atoms with Gasteiger partial charge in [0, 0.05) is 24.2 Å². The molecule has 13 heteroatoms. The second-order valence-corrected chi connectivity index (χ2v) is 10.1. The van der Waals surface area contributed by atoms with Gasteiger partial charge in [0.15, 0.2) is 34.7 Å². The number of carbonyl (C=O) groups excluding carboxylic acids is 5. The Morgan fingerprint density at radius 3 is 2.46 bits per heavy atom. The monoisotopic (exact) mass is 516 g/mol. The average Bonchev–Trinajstić information content (AvgIpc) is 2.80. The highest BCUT2D eigenvalue weighted by Gasteiger charge is 2.69. The highest BCUT2D eigenvalue weighted by molar-refractivity contribution is 6.32. The van der Waals surface area contributed by atoms with Crippen LogP contribution in [-0.4, -0.2) is 81.4 Å². The minimum absolute atomic E-state index is 0.0173. The van der Waals surface area contributed by atoms with Crippen molar-refractivity contribution in [2.24, 2.45) is 29.4 Å². The Morgan fingerprint density at radius 2 is 1.92 bits per heavy atom. The third-order valence-corrected chi connectivity index (χ3v) is 7.80. The second kappa shape index (κ2) is 8.99. The maximum Gasteiger partial charge on any atom is 0.313 e. The van der Waals surface area contributed by atoms with Gasteiger partial charge in [-0.15, -0.1) is 0 Å². The summed E-state index contributed by atoms with van der Waals surface area (Å²) in [7, 11) is 3.00. The molecule has 3 aliphatic carbocycles. The average molecular weight is 517 g/mol. The van der Waals surface area contributed by atoms with E-state index in [2.05, 4.69) is 5.32 Å². The minimum atomic E-state index is -2.85. The molecule has 2 saturated carbocycles. The predicted molar refractivity (Wildman–Crippen MR) is 127 cm³/mol. The number of rotatable bonds is 6. The molecule has 0 spiro atoms. The topological polar surface area (TPSA) is 210 Å². The van der Waals surface area contributed by atoms with E-state index in [-0.39, 0.29) is 24.1 Å². The van der Waals surface area contributed by atoms with Crippen molar-refractivity contribution in [1.82, 2.24) is 4.90 Å². The molecule has 1 aromatic carbocycles. The second-order valence-electron chi connectivity index (χ2n) is 10.1. The number of phenolic OH excluding ortho intramolecular Hbond substituents is 1. The van der Waals surface area contributed by atoms with Gasteiger partial charge in [0.1, 0.15) is 0 Å². The van der Waals surface area contributed by atoms with Gasteiger partial charge in [0.05, 0.1) is 22.4 Å². The van der Waals surface area contributed by atoms with E-state index in [0.717, 1.165) is 6.07 Å². The maximum absolute atomic E-state index is 13.8. The molecule has 198 valence electrons. The number of nitro groups is 1. The maximum atomic E-state index is 13.8. The van der Waals surface area contributed by atoms with Crippen LogP contribution in [0.5, 0.6) is 5.75 Å². The molecule has 2 fully saturated rings. The van der Waals surface area contributed by atoms with Crippen molar-refractivity contribution in [2.75, 3.05) is 26.0 Å². The zero-order valence-corrected chi connectivity index (χ0v) is 20.5. The van der Waals surface area contributed by atoms with E-state index in [9.17, 15) is 44.3 Å². The number of nitrogens with one attached hydrogen (secondary N) is 1. The van der Waals surface area contributed by atoms with Crippen LogP contribution in [0.15, 0.2) is 6.07 Å². The Hall–Kier alpha value is -3.71. The van der Waals surface area contributed by atoms with E-state index < -0.39 is 86.3 Å². The molecule has 0 aromatic heterocycles. The number of nitrogens with zero attached hydrogens (tertiary/aromatic N) is 2. The first kappa shape index (κ1) is 26.4. The molecule has 0 saturated heterocycles. The highest BCUT2D eigenvalue weighted by Crippen LogP contribution is 2.52.